The minimum absolute atomic E-state index is 0.0331. The molecule has 0 aromatic carbocycles. The summed E-state index contributed by atoms with van der Waals surface area (Å²) in [5, 5.41) is 2.42. The summed E-state index contributed by atoms with van der Waals surface area (Å²) in [5.74, 6) is -0.228. The van der Waals surface area contributed by atoms with Crippen LogP contribution in [-0.4, -0.2) is 32.4 Å². The van der Waals surface area contributed by atoms with E-state index in [0.717, 1.165) is 18.7 Å². The number of hydrogen-bond acceptors (Lipinski definition) is 4. The van der Waals surface area contributed by atoms with Crippen molar-refractivity contribution in [2.24, 2.45) is 0 Å². The SMILES string of the molecule is CCCNC(=O)CCNS(=O)(=O)c1c[nH]c(=O)c(Cl)c1. The molecule has 0 aliphatic carbocycles. The van der Waals surface area contributed by atoms with E-state index in [9.17, 15) is 18.0 Å². The summed E-state index contributed by atoms with van der Waals surface area (Å²) in [6, 6.07) is 1.06. The number of aromatic amines is 1. The first-order chi connectivity index (χ1) is 9.36. The van der Waals surface area contributed by atoms with E-state index < -0.39 is 15.6 Å². The van der Waals surface area contributed by atoms with Gasteiger partial charge in [-0.3, -0.25) is 9.59 Å². The molecule has 0 radical (unpaired) electrons. The van der Waals surface area contributed by atoms with Crippen molar-refractivity contribution in [2.45, 2.75) is 24.7 Å². The zero-order chi connectivity index (χ0) is 15.2. The van der Waals surface area contributed by atoms with Crippen molar-refractivity contribution in [2.75, 3.05) is 13.1 Å². The van der Waals surface area contributed by atoms with Gasteiger partial charge in [0, 0.05) is 25.7 Å². The van der Waals surface area contributed by atoms with E-state index in [-0.39, 0.29) is 28.8 Å². The molecule has 0 saturated heterocycles. The van der Waals surface area contributed by atoms with Crippen molar-refractivity contribution in [1.29, 1.82) is 0 Å². The highest BCUT2D eigenvalue weighted by Gasteiger charge is 2.15. The Labute approximate surface area is 121 Å². The number of nitrogens with one attached hydrogen (secondary N) is 3. The highest BCUT2D eigenvalue weighted by atomic mass is 35.5. The largest absolute Gasteiger partial charge is 0.356 e. The zero-order valence-corrected chi connectivity index (χ0v) is 12.5. The van der Waals surface area contributed by atoms with Gasteiger partial charge in [0.05, 0.1) is 4.90 Å². The molecule has 1 heterocycles. The molecule has 0 saturated carbocycles. The van der Waals surface area contributed by atoms with E-state index in [1.807, 2.05) is 6.92 Å². The van der Waals surface area contributed by atoms with E-state index in [1.54, 1.807) is 0 Å². The molecule has 112 valence electrons. The molecule has 0 unspecified atom stereocenters. The number of carbonyl (C=O) groups is 1. The quantitative estimate of drug-likeness (QED) is 0.667. The molecule has 0 aliphatic heterocycles. The van der Waals surface area contributed by atoms with Crippen molar-refractivity contribution in [1.82, 2.24) is 15.0 Å². The maximum Gasteiger partial charge on any atom is 0.266 e. The summed E-state index contributed by atoms with van der Waals surface area (Å²) in [7, 11) is -3.80. The zero-order valence-electron chi connectivity index (χ0n) is 10.9. The lowest BCUT2D eigenvalue weighted by molar-refractivity contribution is -0.120. The van der Waals surface area contributed by atoms with Gasteiger partial charge in [-0.2, -0.15) is 0 Å². The van der Waals surface area contributed by atoms with Crippen LogP contribution in [0.5, 0.6) is 0 Å². The van der Waals surface area contributed by atoms with Crippen LogP contribution in [0.1, 0.15) is 19.8 Å². The molecule has 1 aromatic rings. The summed E-state index contributed by atoms with van der Waals surface area (Å²) < 4.78 is 26.0. The molecular formula is C11H16ClN3O4S. The fraction of sp³-hybridized carbons (Fsp3) is 0.455. The molecule has 3 N–H and O–H groups in total. The Morgan fingerprint density at radius 3 is 2.70 bits per heavy atom. The van der Waals surface area contributed by atoms with Gasteiger partial charge in [0.15, 0.2) is 0 Å². The fourth-order valence-corrected chi connectivity index (χ4v) is 2.59. The number of carbonyl (C=O) groups excluding carboxylic acids is 1. The summed E-state index contributed by atoms with van der Waals surface area (Å²) in [6.07, 6.45) is 1.90. The lowest BCUT2D eigenvalue weighted by Crippen LogP contribution is -2.31. The maximum absolute atomic E-state index is 11.9. The Morgan fingerprint density at radius 2 is 2.10 bits per heavy atom. The van der Waals surface area contributed by atoms with Gasteiger partial charge >= 0.3 is 0 Å². The second-order valence-electron chi connectivity index (χ2n) is 4.01. The Bertz CT molecular complexity index is 627. The monoisotopic (exact) mass is 321 g/mol. The minimum Gasteiger partial charge on any atom is -0.356 e. The molecule has 0 fully saturated rings. The summed E-state index contributed by atoms with van der Waals surface area (Å²) in [6.45, 7) is 2.44. The van der Waals surface area contributed by atoms with Crippen LogP contribution in [0.4, 0.5) is 0 Å². The Balaban J connectivity index is 2.60. The molecule has 1 rings (SSSR count). The first-order valence-electron chi connectivity index (χ1n) is 6.01. The number of pyridine rings is 1. The number of halogens is 1. The lowest BCUT2D eigenvalue weighted by atomic mass is 10.4. The van der Waals surface area contributed by atoms with Crippen LogP contribution in [0.3, 0.4) is 0 Å². The molecule has 0 atom stereocenters. The van der Waals surface area contributed by atoms with Gasteiger partial charge in [-0.1, -0.05) is 18.5 Å². The van der Waals surface area contributed by atoms with Crippen molar-refractivity contribution in [3.05, 3.63) is 27.6 Å². The molecule has 0 aliphatic rings. The van der Waals surface area contributed by atoms with Gasteiger partial charge in [0.25, 0.3) is 5.56 Å². The normalized spacial score (nSPS) is 11.3. The summed E-state index contributed by atoms with van der Waals surface area (Å²) >= 11 is 5.56. The molecule has 7 nitrogen and oxygen atoms in total. The number of rotatable bonds is 7. The molecule has 20 heavy (non-hydrogen) atoms. The first-order valence-corrected chi connectivity index (χ1v) is 7.87. The number of aromatic nitrogens is 1. The number of H-pyrrole nitrogens is 1. The molecule has 0 spiro atoms. The van der Waals surface area contributed by atoms with Crippen molar-refractivity contribution < 1.29 is 13.2 Å². The average molecular weight is 322 g/mol. The molecule has 0 bridgehead atoms. The Kier molecular flexibility index (Phi) is 6.18. The average Bonchev–Trinajstić information content (AvgIpc) is 2.39. The third-order valence-corrected chi connectivity index (χ3v) is 4.08. The van der Waals surface area contributed by atoms with Crippen LogP contribution < -0.4 is 15.6 Å². The van der Waals surface area contributed by atoms with E-state index in [4.69, 9.17) is 11.6 Å². The van der Waals surface area contributed by atoms with Gasteiger partial charge in [0.2, 0.25) is 15.9 Å². The fourth-order valence-electron chi connectivity index (χ4n) is 1.33. The number of hydrogen-bond donors (Lipinski definition) is 3. The molecular weight excluding hydrogens is 306 g/mol. The third-order valence-electron chi connectivity index (χ3n) is 2.36. The van der Waals surface area contributed by atoms with Gasteiger partial charge in [0.1, 0.15) is 5.02 Å². The molecule has 1 amide bonds. The van der Waals surface area contributed by atoms with Gasteiger partial charge in [-0.15, -0.1) is 0 Å². The van der Waals surface area contributed by atoms with E-state index >= 15 is 0 Å². The van der Waals surface area contributed by atoms with Crippen molar-refractivity contribution in [3.8, 4) is 0 Å². The van der Waals surface area contributed by atoms with Crippen LogP contribution in [-0.2, 0) is 14.8 Å². The van der Waals surface area contributed by atoms with E-state index in [2.05, 4.69) is 15.0 Å². The van der Waals surface area contributed by atoms with Crippen LogP contribution in [0.2, 0.25) is 5.02 Å². The number of amides is 1. The second kappa shape index (κ2) is 7.41. The van der Waals surface area contributed by atoms with Gasteiger partial charge < -0.3 is 10.3 Å². The predicted molar refractivity (Wildman–Crippen MR) is 75.2 cm³/mol. The molecule has 9 heteroatoms. The van der Waals surface area contributed by atoms with Crippen LogP contribution in [0.25, 0.3) is 0 Å². The third kappa shape index (κ3) is 4.95. The minimum atomic E-state index is -3.80. The standard InChI is InChI=1S/C11H16ClN3O4S/c1-2-4-13-10(16)3-5-15-20(18,19)8-6-9(12)11(17)14-7-8/h6-7,15H,2-5H2,1H3,(H,13,16)(H,14,17). The van der Waals surface area contributed by atoms with Crippen LogP contribution in [0.15, 0.2) is 22.0 Å². The Hall–Kier alpha value is -1.38. The highest BCUT2D eigenvalue weighted by Crippen LogP contribution is 2.09. The van der Waals surface area contributed by atoms with Gasteiger partial charge in [-0.25, -0.2) is 13.1 Å². The topological polar surface area (TPSA) is 108 Å². The van der Waals surface area contributed by atoms with E-state index in [0.29, 0.717) is 6.54 Å². The number of sulfonamides is 1. The molecule has 1 aromatic heterocycles. The Morgan fingerprint density at radius 1 is 1.40 bits per heavy atom. The lowest BCUT2D eigenvalue weighted by Gasteiger charge is -2.07. The maximum atomic E-state index is 11.9. The van der Waals surface area contributed by atoms with Crippen LogP contribution in [0, 0.1) is 0 Å². The summed E-state index contributed by atoms with van der Waals surface area (Å²) in [4.78, 5) is 24.4. The van der Waals surface area contributed by atoms with Gasteiger partial charge in [-0.05, 0) is 12.5 Å². The van der Waals surface area contributed by atoms with Crippen molar-refractivity contribution in [3.63, 3.8) is 0 Å². The van der Waals surface area contributed by atoms with Crippen molar-refractivity contribution >= 4 is 27.5 Å². The predicted octanol–water partition coefficient (Wildman–Crippen LogP) is 0.223. The summed E-state index contributed by atoms with van der Waals surface area (Å²) in [5.41, 5.74) is -0.565. The van der Waals surface area contributed by atoms with Crippen LogP contribution >= 0.6 is 11.6 Å². The smallest absolute Gasteiger partial charge is 0.266 e. The van der Waals surface area contributed by atoms with E-state index in [1.165, 1.54) is 0 Å². The first kappa shape index (κ1) is 16.7. The highest BCUT2D eigenvalue weighted by molar-refractivity contribution is 7.89. The second-order valence-corrected chi connectivity index (χ2v) is 6.18.